The smallest absolute Gasteiger partial charge is 0.281 e. The minimum Gasteiger partial charge on any atom is -0.391 e. The number of quaternary nitrogens is 1. The molecular formula is C16H19ClN3O3+. The molecule has 3 rings (SSSR count). The van der Waals surface area contributed by atoms with Crippen LogP contribution in [0, 0.1) is 0 Å². The summed E-state index contributed by atoms with van der Waals surface area (Å²) in [7, 11) is 0. The van der Waals surface area contributed by atoms with E-state index in [2.05, 4.69) is 0 Å². The monoisotopic (exact) mass is 336 g/mol. The topological polar surface area (TPSA) is 65.3 Å². The summed E-state index contributed by atoms with van der Waals surface area (Å²) in [5.41, 5.74) is 0.980. The Kier molecular flexibility index (Phi) is 4.66. The molecule has 0 saturated carbocycles. The third-order valence-electron chi connectivity index (χ3n) is 4.26. The summed E-state index contributed by atoms with van der Waals surface area (Å²) in [5, 5.41) is 9.55. The molecule has 1 aromatic carbocycles. The van der Waals surface area contributed by atoms with Crippen LogP contribution in [0.5, 0.6) is 0 Å². The highest BCUT2D eigenvalue weighted by molar-refractivity contribution is 6.32. The van der Waals surface area contributed by atoms with E-state index in [1.807, 2.05) is 4.90 Å². The standard InChI is InChI=1S/C16H18ClN3O3/c17-12-1-3-13(4-2-12)20-15(22)11-14(16(20)23)19-7-5-18(6-8-19)9-10-21/h1-4,11,21H,5-10H2/p+1. The van der Waals surface area contributed by atoms with Gasteiger partial charge in [0.25, 0.3) is 11.8 Å². The molecule has 2 amide bonds. The van der Waals surface area contributed by atoms with Crippen molar-refractivity contribution in [1.82, 2.24) is 4.90 Å². The molecule has 7 heteroatoms. The van der Waals surface area contributed by atoms with Crippen LogP contribution in [0.4, 0.5) is 5.69 Å². The van der Waals surface area contributed by atoms with E-state index in [4.69, 9.17) is 16.7 Å². The molecule has 0 bridgehead atoms. The molecule has 122 valence electrons. The Morgan fingerprint density at radius 1 is 1.13 bits per heavy atom. The lowest BCUT2D eigenvalue weighted by Crippen LogP contribution is -3.15. The summed E-state index contributed by atoms with van der Waals surface area (Å²) >= 11 is 5.85. The van der Waals surface area contributed by atoms with Crippen molar-refractivity contribution < 1.29 is 19.6 Å². The molecule has 6 nitrogen and oxygen atoms in total. The van der Waals surface area contributed by atoms with Gasteiger partial charge in [-0.05, 0) is 24.3 Å². The summed E-state index contributed by atoms with van der Waals surface area (Å²) in [4.78, 5) is 29.3. The molecule has 23 heavy (non-hydrogen) atoms. The van der Waals surface area contributed by atoms with Gasteiger partial charge >= 0.3 is 0 Å². The second-order valence-electron chi connectivity index (χ2n) is 5.70. The molecule has 2 N–H and O–H groups in total. The Morgan fingerprint density at radius 3 is 2.39 bits per heavy atom. The van der Waals surface area contributed by atoms with Gasteiger partial charge in [0.2, 0.25) is 0 Å². The maximum absolute atomic E-state index is 12.6. The zero-order valence-electron chi connectivity index (χ0n) is 12.7. The lowest BCUT2D eigenvalue weighted by atomic mass is 10.2. The normalized spacial score (nSPS) is 19.5. The maximum atomic E-state index is 12.6. The van der Waals surface area contributed by atoms with Crippen LogP contribution in [-0.2, 0) is 9.59 Å². The van der Waals surface area contributed by atoms with Crippen LogP contribution in [0.2, 0.25) is 5.02 Å². The number of halogens is 1. The van der Waals surface area contributed by atoms with Gasteiger partial charge in [0.15, 0.2) is 0 Å². The number of imide groups is 1. The Balaban J connectivity index is 1.71. The lowest BCUT2D eigenvalue weighted by Gasteiger charge is -2.33. The van der Waals surface area contributed by atoms with Gasteiger partial charge in [-0.25, -0.2) is 4.90 Å². The second kappa shape index (κ2) is 6.70. The molecular weight excluding hydrogens is 318 g/mol. The fraction of sp³-hybridized carbons (Fsp3) is 0.375. The molecule has 1 saturated heterocycles. The number of rotatable bonds is 4. The number of aliphatic hydroxyl groups excluding tert-OH is 1. The zero-order chi connectivity index (χ0) is 16.4. The number of hydrogen-bond donors (Lipinski definition) is 2. The van der Waals surface area contributed by atoms with Crippen molar-refractivity contribution in [3.63, 3.8) is 0 Å². The van der Waals surface area contributed by atoms with E-state index < -0.39 is 0 Å². The first-order valence-electron chi connectivity index (χ1n) is 7.65. The molecule has 2 aliphatic heterocycles. The van der Waals surface area contributed by atoms with Crippen LogP contribution in [0.15, 0.2) is 36.0 Å². The van der Waals surface area contributed by atoms with E-state index in [9.17, 15) is 9.59 Å². The fourth-order valence-corrected chi connectivity index (χ4v) is 3.12. The Bertz CT molecular complexity index is 636. The quantitative estimate of drug-likeness (QED) is 0.713. The molecule has 0 aliphatic carbocycles. The first kappa shape index (κ1) is 16.0. The van der Waals surface area contributed by atoms with Gasteiger partial charge in [0, 0.05) is 11.1 Å². The number of hydrogen-bond acceptors (Lipinski definition) is 4. The maximum Gasteiger partial charge on any atom is 0.281 e. The van der Waals surface area contributed by atoms with E-state index >= 15 is 0 Å². The van der Waals surface area contributed by atoms with Crippen molar-refractivity contribution >= 4 is 29.1 Å². The highest BCUT2D eigenvalue weighted by Crippen LogP contribution is 2.25. The molecule has 1 fully saturated rings. The number of amides is 2. The van der Waals surface area contributed by atoms with Crippen LogP contribution in [0.25, 0.3) is 0 Å². The average molecular weight is 337 g/mol. The number of aliphatic hydroxyl groups is 1. The molecule has 2 heterocycles. The van der Waals surface area contributed by atoms with E-state index in [0.29, 0.717) is 29.5 Å². The van der Waals surface area contributed by atoms with Crippen LogP contribution in [-0.4, -0.2) is 61.2 Å². The molecule has 1 aromatic rings. The first-order chi connectivity index (χ1) is 11.1. The Labute approximate surface area is 139 Å². The van der Waals surface area contributed by atoms with Gasteiger partial charge in [0.1, 0.15) is 12.2 Å². The van der Waals surface area contributed by atoms with Crippen molar-refractivity contribution in [3.8, 4) is 0 Å². The van der Waals surface area contributed by atoms with E-state index in [0.717, 1.165) is 19.6 Å². The van der Waals surface area contributed by atoms with Crippen molar-refractivity contribution in [1.29, 1.82) is 0 Å². The molecule has 0 radical (unpaired) electrons. The summed E-state index contributed by atoms with van der Waals surface area (Å²) < 4.78 is 0. The average Bonchev–Trinajstić information content (AvgIpc) is 2.84. The van der Waals surface area contributed by atoms with E-state index in [1.54, 1.807) is 24.3 Å². The Morgan fingerprint density at radius 2 is 1.78 bits per heavy atom. The van der Waals surface area contributed by atoms with Crippen molar-refractivity contribution in [2.75, 3.05) is 44.2 Å². The lowest BCUT2D eigenvalue weighted by molar-refractivity contribution is -0.904. The summed E-state index contributed by atoms with van der Waals surface area (Å²) in [6.45, 7) is 3.99. The van der Waals surface area contributed by atoms with Crippen molar-refractivity contribution in [2.24, 2.45) is 0 Å². The summed E-state index contributed by atoms with van der Waals surface area (Å²) in [5.74, 6) is -0.611. The van der Waals surface area contributed by atoms with Gasteiger partial charge in [-0.2, -0.15) is 0 Å². The number of benzene rings is 1. The summed E-state index contributed by atoms with van der Waals surface area (Å²) in [6.07, 6.45) is 1.41. The number of carbonyl (C=O) groups excluding carboxylic acids is 2. The fourth-order valence-electron chi connectivity index (χ4n) is 2.99. The van der Waals surface area contributed by atoms with Gasteiger partial charge in [-0.1, -0.05) is 11.6 Å². The second-order valence-corrected chi connectivity index (χ2v) is 6.13. The van der Waals surface area contributed by atoms with Crippen LogP contribution < -0.4 is 9.80 Å². The van der Waals surface area contributed by atoms with Gasteiger partial charge in [-0.15, -0.1) is 0 Å². The first-order valence-corrected chi connectivity index (χ1v) is 8.03. The minimum atomic E-state index is -0.322. The summed E-state index contributed by atoms with van der Waals surface area (Å²) in [6, 6.07) is 6.65. The predicted octanol–water partition coefficient (Wildman–Crippen LogP) is -0.710. The van der Waals surface area contributed by atoms with Crippen LogP contribution in [0.3, 0.4) is 0 Å². The van der Waals surface area contributed by atoms with E-state index in [-0.39, 0.29) is 18.4 Å². The van der Waals surface area contributed by atoms with Gasteiger partial charge in [-0.3, -0.25) is 9.59 Å². The van der Waals surface area contributed by atoms with Gasteiger partial charge in [0.05, 0.1) is 38.5 Å². The van der Waals surface area contributed by atoms with Gasteiger partial charge < -0.3 is 14.9 Å². The zero-order valence-corrected chi connectivity index (χ0v) is 13.4. The SMILES string of the molecule is O=C1C=C(N2CC[NH+](CCO)CC2)C(=O)N1c1ccc(Cl)cc1. The highest BCUT2D eigenvalue weighted by atomic mass is 35.5. The molecule has 0 aromatic heterocycles. The van der Waals surface area contributed by atoms with Crippen LogP contribution in [0.1, 0.15) is 0 Å². The van der Waals surface area contributed by atoms with E-state index in [1.165, 1.54) is 15.9 Å². The molecule has 0 unspecified atom stereocenters. The third-order valence-corrected chi connectivity index (χ3v) is 4.52. The number of nitrogens with zero attached hydrogens (tertiary/aromatic N) is 2. The van der Waals surface area contributed by atoms with Crippen molar-refractivity contribution in [2.45, 2.75) is 0 Å². The van der Waals surface area contributed by atoms with Crippen LogP contribution >= 0.6 is 11.6 Å². The molecule has 2 aliphatic rings. The third kappa shape index (κ3) is 3.24. The number of piperazine rings is 1. The number of nitrogens with one attached hydrogen (secondary N) is 1. The predicted molar refractivity (Wildman–Crippen MR) is 86.3 cm³/mol. The number of carbonyl (C=O) groups is 2. The minimum absolute atomic E-state index is 0.166. The largest absolute Gasteiger partial charge is 0.391 e. The molecule has 0 spiro atoms. The number of anilines is 1. The highest BCUT2D eigenvalue weighted by Gasteiger charge is 2.36. The Hall–Kier alpha value is -1.89. The molecule has 0 atom stereocenters. The van der Waals surface area contributed by atoms with Crippen molar-refractivity contribution in [3.05, 3.63) is 41.1 Å².